The zero-order valence-electron chi connectivity index (χ0n) is 16.6. The minimum atomic E-state index is -0.00284. The first kappa shape index (κ1) is 20.3. The van der Waals surface area contributed by atoms with Crippen LogP contribution in [0.4, 0.5) is 5.82 Å². The van der Waals surface area contributed by atoms with Gasteiger partial charge in [0.2, 0.25) is 0 Å². The van der Waals surface area contributed by atoms with Gasteiger partial charge in [0.1, 0.15) is 18.1 Å². The van der Waals surface area contributed by atoms with Gasteiger partial charge in [0, 0.05) is 36.6 Å². The van der Waals surface area contributed by atoms with Crippen LogP contribution in [0.2, 0.25) is 0 Å². The van der Waals surface area contributed by atoms with E-state index in [1.165, 1.54) is 4.58 Å². The molecule has 8 heteroatoms. The minimum Gasteiger partial charge on any atom is -0.463 e. The number of carbonyl (C=O) groups excluding carboxylic acids is 1. The molecule has 1 saturated heterocycles. The molecule has 1 aliphatic carbocycles. The smallest absolute Gasteiger partial charge is 0.390 e. The molecule has 1 aromatic rings. The number of aliphatic hydroxyl groups is 1. The molecule has 1 saturated carbocycles. The van der Waals surface area contributed by atoms with Crippen LogP contribution in [0.25, 0.3) is 0 Å². The van der Waals surface area contributed by atoms with Crippen molar-refractivity contribution >= 4 is 39.8 Å². The summed E-state index contributed by atoms with van der Waals surface area (Å²) >= 11 is 3.48. The second-order valence-electron chi connectivity index (χ2n) is 8.39. The summed E-state index contributed by atoms with van der Waals surface area (Å²) in [6, 6.07) is 3.94. The molecule has 1 amide bonds. The van der Waals surface area contributed by atoms with Crippen LogP contribution in [0.5, 0.6) is 0 Å². The fraction of sp³-hybridized carbons (Fsp3) is 0.619. The topological polar surface area (TPSA) is 78.0 Å². The molecular weight excluding hydrogens is 436 g/mol. The number of oxime groups is 1. The Labute approximate surface area is 179 Å². The molecule has 156 valence electrons. The predicted octanol–water partition coefficient (Wildman–Crippen LogP) is 3.67. The number of carbonyl (C=O) groups is 1. The van der Waals surface area contributed by atoms with Crippen molar-refractivity contribution in [3.8, 4) is 0 Å². The molecule has 0 unspecified atom stereocenters. The van der Waals surface area contributed by atoms with Crippen molar-refractivity contribution in [2.75, 3.05) is 24.5 Å². The molecule has 1 spiro atoms. The monoisotopic (exact) mass is 463 g/mol. The number of aromatic nitrogens is 1. The lowest BCUT2D eigenvalue weighted by atomic mass is 9.77. The van der Waals surface area contributed by atoms with Crippen molar-refractivity contribution in [3.05, 3.63) is 22.8 Å². The van der Waals surface area contributed by atoms with Gasteiger partial charge < -0.3 is 14.8 Å². The van der Waals surface area contributed by atoms with E-state index in [0.717, 1.165) is 61.9 Å². The molecular formula is C21H28BrN4O3+. The maximum absolute atomic E-state index is 12.5. The zero-order valence-corrected chi connectivity index (χ0v) is 18.2. The van der Waals surface area contributed by atoms with Gasteiger partial charge in [0.15, 0.2) is 6.54 Å². The van der Waals surface area contributed by atoms with Gasteiger partial charge >= 0.3 is 11.8 Å². The van der Waals surface area contributed by atoms with E-state index in [1.54, 1.807) is 12.4 Å². The molecule has 7 nitrogen and oxygen atoms in total. The predicted molar refractivity (Wildman–Crippen MR) is 115 cm³/mol. The molecule has 2 aliphatic heterocycles. The van der Waals surface area contributed by atoms with E-state index in [9.17, 15) is 9.90 Å². The van der Waals surface area contributed by atoms with Crippen LogP contribution in [0, 0.1) is 5.41 Å². The number of hydrogen-bond donors (Lipinski definition) is 1. The van der Waals surface area contributed by atoms with E-state index < -0.39 is 0 Å². The second-order valence-corrected chi connectivity index (χ2v) is 9.31. The molecule has 3 aliphatic rings. The normalized spacial score (nSPS) is 22.8. The van der Waals surface area contributed by atoms with Gasteiger partial charge in [-0.2, -0.15) is 0 Å². The number of rotatable bonds is 5. The molecule has 0 atom stereocenters. The van der Waals surface area contributed by atoms with Gasteiger partial charge in [0.05, 0.1) is 12.8 Å². The van der Waals surface area contributed by atoms with Gasteiger partial charge in [-0.05, 0) is 30.4 Å². The maximum Gasteiger partial charge on any atom is 0.390 e. The third-order valence-electron chi connectivity index (χ3n) is 6.36. The Balaban J connectivity index is 1.24. The highest BCUT2D eigenvalue weighted by Gasteiger charge is 2.46. The number of amides is 1. The number of aliphatic hydroxyl groups excluding tert-OH is 1. The Hall–Kier alpha value is -1.96. The summed E-state index contributed by atoms with van der Waals surface area (Å²) in [6.45, 7) is 2.00. The van der Waals surface area contributed by atoms with Crippen LogP contribution in [-0.2, 0) is 9.63 Å². The van der Waals surface area contributed by atoms with E-state index in [0.29, 0.717) is 12.8 Å². The van der Waals surface area contributed by atoms with Crippen LogP contribution in [-0.4, -0.2) is 58.4 Å². The fourth-order valence-electron chi connectivity index (χ4n) is 4.74. The molecule has 1 N–H and O–H groups in total. The molecule has 0 bridgehead atoms. The standard InChI is InChI=1S/C21H27BrN4O3/c22-16-3-8-23-18(13-16)25-10-4-17(5-11-25)29-24-9-12-26-19(27)14-21(15-20(26)28)6-1-2-7-21/h3,8-9,13,17H,1-2,4-7,10-12,14-15H2/p+1/b24-9+. The number of pyridine rings is 1. The second kappa shape index (κ2) is 8.81. The fourth-order valence-corrected chi connectivity index (χ4v) is 5.06. The lowest BCUT2D eigenvalue weighted by molar-refractivity contribution is -0.449. The maximum atomic E-state index is 12.5. The molecule has 0 aromatic carbocycles. The van der Waals surface area contributed by atoms with Crippen LogP contribution >= 0.6 is 15.9 Å². The van der Waals surface area contributed by atoms with Crippen molar-refractivity contribution in [1.82, 2.24) is 4.98 Å². The van der Waals surface area contributed by atoms with E-state index in [4.69, 9.17) is 4.84 Å². The molecule has 4 rings (SSSR count). The number of nitrogens with zero attached hydrogens (tertiary/aromatic N) is 4. The van der Waals surface area contributed by atoms with E-state index >= 15 is 0 Å². The first-order valence-corrected chi connectivity index (χ1v) is 11.2. The third-order valence-corrected chi connectivity index (χ3v) is 6.85. The van der Waals surface area contributed by atoms with Crippen molar-refractivity contribution in [2.45, 2.75) is 57.5 Å². The number of hydrogen-bond acceptors (Lipinski definition) is 5. The van der Waals surface area contributed by atoms with Crippen molar-refractivity contribution in [3.63, 3.8) is 0 Å². The Morgan fingerprint density at radius 2 is 2.10 bits per heavy atom. The lowest BCUT2D eigenvalue weighted by Crippen LogP contribution is -2.41. The quantitative estimate of drug-likeness (QED) is 0.409. The van der Waals surface area contributed by atoms with Gasteiger partial charge in [-0.25, -0.2) is 9.78 Å². The third kappa shape index (κ3) is 4.79. The summed E-state index contributed by atoms with van der Waals surface area (Å²) in [5.74, 6) is 1.15. The summed E-state index contributed by atoms with van der Waals surface area (Å²) in [6.07, 6.45) is 10.7. The summed E-state index contributed by atoms with van der Waals surface area (Å²) < 4.78 is 2.47. The highest BCUT2D eigenvalue weighted by atomic mass is 79.9. The lowest BCUT2D eigenvalue weighted by Gasteiger charge is -2.31. The van der Waals surface area contributed by atoms with Crippen molar-refractivity contribution < 1.29 is 19.3 Å². The van der Waals surface area contributed by atoms with E-state index in [-0.39, 0.29) is 29.9 Å². The number of halogens is 1. The van der Waals surface area contributed by atoms with E-state index in [2.05, 4.69) is 31.0 Å². The minimum absolute atomic E-state index is 0.00246. The number of anilines is 1. The summed E-state index contributed by atoms with van der Waals surface area (Å²) in [5.41, 5.74) is 0.00246. The Morgan fingerprint density at radius 1 is 1.34 bits per heavy atom. The van der Waals surface area contributed by atoms with Gasteiger partial charge in [-0.15, -0.1) is 4.58 Å². The summed E-state index contributed by atoms with van der Waals surface area (Å²) in [4.78, 5) is 24.8. The number of piperidine rings is 1. The molecule has 1 aromatic heterocycles. The Bertz CT molecular complexity index is 812. The van der Waals surface area contributed by atoms with Crippen LogP contribution < -0.4 is 4.90 Å². The summed E-state index contributed by atoms with van der Waals surface area (Å²) in [7, 11) is 0. The van der Waals surface area contributed by atoms with Gasteiger partial charge in [-0.1, -0.05) is 33.9 Å². The van der Waals surface area contributed by atoms with Gasteiger partial charge in [0.25, 0.3) is 0 Å². The SMILES string of the molecule is O=C1CC2(CCCC2)CC(O)=[N+]1C/C=N/OC1CCN(c2cc(Br)ccn2)CC1. The molecule has 3 heterocycles. The molecule has 2 fully saturated rings. The van der Waals surface area contributed by atoms with Crippen LogP contribution in [0.3, 0.4) is 0 Å². The van der Waals surface area contributed by atoms with Crippen LogP contribution in [0.1, 0.15) is 51.4 Å². The van der Waals surface area contributed by atoms with Crippen molar-refractivity contribution in [1.29, 1.82) is 0 Å². The Kier molecular flexibility index (Phi) is 6.18. The van der Waals surface area contributed by atoms with Crippen molar-refractivity contribution in [2.24, 2.45) is 10.6 Å². The van der Waals surface area contributed by atoms with Crippen LogP contribution in [0.15, 0.2) is 28.0 Å². The molecule has 29 heavy (non-hydrogen) atoms. The first-order chi connectivity index (χ1) is 14.0. The zero-order chi connectivity index (χ0) is 20.3. The Morgan fingerprint density at radius 3 is 2.79 bits per heavy atom. The molecule has 0 radical (unpaired) electrons. The van der Waals surface area contributed by atoms with Gasteiger partial charge in [-0.3, -0.25) is 0 Å². The average molecular weight is 464 g/mol. The average Bonchev–Trinajstić information content (AvgIpc) is 3.14. The largest absolute Gasteiger partial charge is 0.463 e. The first-order valence-electron chi connectivity index (χ1n) is 10.4. The highest BCUT2D eigenvalue weighted by Crippen LogP contribution is 2.45. The van der Waals surface area contributed by atoms with E-state index in [1.807, 2.05) is 12.1 Å². The summed E-state index contributed by atoms with van der Waals surface area (Å²) in [5, 5.41) is 14.4. The highest BCUT2D eigenvalue weighted by molar-refractivity contribution is 9.10.